The average molecular weight is 170 g/mol. The molecule has 1 unspecified atom stereocenters. The molecular weight excluding hydrogens is 152 g/mol. The van der Waals surface area contributed by atoms with Crippen molar-refractivity contribution in [3.8, 4) is 0 Å². The van der Waals surface area contributed by atoms with Crippen LogP contribution in [-0.4, -0.2) is 18.6 Å². The van der Waals surface area contributed by atoms with Crippen molar-refractivity contribution in [3.63, 3.8) is 0 Å². The summed E-state index contributed by atoms with van der Waals surface area (Å²) in [7, 11) is 0. The number of nitrogens with one attached hydrogen (secondary N) is 2. The van der Waals surface area contributed by atoms with Gasteiger partial charge in [0.25, 0.3) is 0 Å². The first kappa shape index (κ1) is 11.0. The second kappa shape index (κ2) is 6.70. The van der Waals surface area contributed by atoms with Crippen LogP contribution in [-0.2, 0) is 0 Å². The third-order valence-corrected chi connectivity index (χ3v) is 1.51. The third kappa shape index (κ3) is 5.77. The lowest BCUT2D eigenvalue weighted by molar-refractivity contribution is 0.238. The second-order valence-corrected chi connectivity index (χ2v) is 2.83. The predicted molar refractivity (Wildman–Crippen MR) is 51.1 cm³/mol. The molecule has 0 aliphatic heterocycles. The first-order valence-corrected chi connectivity index (χ1v) is 4.36. The molecule has 0 heterocycles. The molecule has 0 saturated carbocycles. The second-order valence-electron chi connectivity index (χ2n) is 2.83. The lowest BCUT2D eigenvalue weighted by atomic mass is 10.2. The van der Waals surface area contributed by atoms with E-state index >= 15 is 0 Å². The Morgan fingerprint density at radius 3 is 2.83 bits per heavy atom. The maximum atomic E-state index is 11.0. The molecule has 0 aliphatic rings. The first-order chi connectivity index (χ1) is 5.70. The highest BCUT2D eigenvalue weighted by Crippen LogP contribution is 1.93. The molecular formula is C9H18N2O. The van der Waals surface area contributed by atoms with Crippen LogP contribution in [0.1, 0.15) is 26.7 Å². The van der Waals surface area contributed by atoms with Gasteiger partial charge in [-0.05, 0) is 13.3 Å². The van der Waals surface area contributed by atoms with Crippen molar-refractivity contribution in [1.29, 1.82) is 0 Å². The molecule has 0 saturated heterocycles. The fourth-order valence-electron chi connectivity index (χ4n) is 0.945. The standard InChI is InChI=1S/C9H18N2O/c1-4-6-8(3)11-9(12)10-7-5-2/h5,8H,2,4,6-7H2,1,3H3,(H2,10,11,12). The molecule has 0 aromatic rings. The molecule has 0 aromatic heterocycles. The minimum Gasteiger partial charge on any atom is -0.336 e. The van der Waals surface area contributed by atoms with Crippen LogP contribution in [0.2, 0.25) is 0 Å². The lowest BCUT2D eigenvalue weighted by Crippen LogP contribution is -2.40. The highest BCUT2D eigenvalue weighted by Gasteiger charge is 2.03. The first-order valence-electron chi connectivity index (χ1n) is 4.36. The van der Waals surface area contributed by atoms with E-state index in [-0.39, 0.29) is 12.1 Å². The van der Waals surface area contributed by atoms with E-state index in [0.29, 0.717) is 6.54 Å². The summed E-state index contributed by atoms with van der Waals surface area (Å²) >= 11 is 0. The molecule has 0 radical (unpaired) electrons. The van der Waals surface area contributed by atoms with Crippen molar-refractivity contribution in [3.05, 3.63) is 12.7 Å². The zero-order valence-electron chi connectivity index (χ0n) is 7.89. The Morgan fingerprint density at radius 2 is 2.33 bits per heavy atom. The summed E-state index contributed by atoms with van der Waals surface area (Å²) in [4.78, 5) is 11.0. The number of hydrogen-bond donors (Lipinski definition) is 2. The van der Waals surface area contributed by atoms with Gasteiger partial charge in [-0.25, -0.2) is 4.79 Å². The smallest absolute Gasteiger partial charge is 0.315 e. The minimum atomic E-state index is -0.115. The highest BCUT2D eigenvalue weighted by atomic mass is 16.2. The third-order valence-electron chi connectivity index (χ3n) is 1.51. The summed E-state index contributed by atoms with van der Waals surface area (Å²) < 4.78 is 0. The zero-order valence-corrected chi connectivity index (χ0v) is 7.89. The molecule has 2 N–H and O–H groups in total. The van der Waals surface area contributed by atoms with Crippen molar-refractivity contribution in [2.75, 3.05) is 6.54 Å². The van der Waals surface area contributed by atoms with Crippen LogP contribution in [0.25, 0.3) is 0 Å². The van der Waals surface area contributed by atoms with E-state index in [9.17, 15) is 4.79 Å². The van der Waals surface area contributed by atoms with Crippen molar-refractivity contribution in [1.82, 2.24) is 10.6 Å². The number of carbonyl (C=O) groups is 1. The molecule has 0 aromatic carbocycles. The fourth-order valence-corrected chi connectivity index (χ4v) is 0.945. The van der Waals surface area contributed by atoms with E-state index in [1.54, 1.807) is 6.08 Å². The van der Waals surface area contributed by atoms with Crippen LogP contribution in [0.3, 0.4) is 0 Å². The average Bonchev–Trinajstić information content (AvgIpc) is 2.01. The Morgan fingerprint density at radius 1 is 1.67 bits per heavy atom. The summed E-state index contributed by atoms with van der Waals surface area (Å²) in [6.45, 7) is 8.12. The maximum absolute atomic E-state index is 11.0. The summed E-state index contributed by atoms with van der Waals surface area (Å²) in [6.07, 6.45) is 3.76. The normalized spacial score (nSPS) is 11.8. The van der Waals surface area contributed by atoms with Crippen LogP contribution >= 0.6 is 0 Å². The van der Waals surface area contributed by atoms with Gasteiger partial charge in [0, 0.05) is 12.6 Å². The molecule has 0 aliphatic carbocycles. The largest absolute Gasteiger partial charge is 0.336 e. The Labute approximate surface area is 74.2 Å². The van der Waals surface area contributed by atoms with Crippen molar-refractivity contribution in [2.24, 2.45) is 0 Å². The van der Waals surface area contributed by atoms with E-state index < -0.39 is 0 Å². The van der Waals surface area contributed by atoms with E-state index in [1.807, 2.05) is 6.92 Å². The van der Waals surface area contributed by atoms with Gasteiger partial charge in [0.15, 0.2) is 0 Å². The number of carbonyl (C=O) groups excluding carboxylic acids is 1. The Kier molecular flexibility index (Phi) is 6.15. The summed E-state index contributed by atoms with van der Waals surface area (Å²) in [6, 6.07) is 0.135. The van der Waals surface area contributed by atoms with Gasteiger partial charge in [-0.3, -0.25) is 0 Å². The molecule has 0 rings (SSSR count). The molecule has 70 valence electrons. The van der Waals surface area contributed by atoms with E-state index in [1.165, 1.54) is 0 Å². The van der Waals surface area contributed by atoms with Gasteiger partial charge in [0.05, 0.1) is 0 Å². The monoisotopic (exact) mass is 170 g/mol. The topological polar surface area (TPSA) is 41.1 Å². The minimum absolute atomic E-state index is 0.115. The maximum Gasteiger partial charge on any atom is 0.315 e. The molecule has 2 amide bonds. The molecule has 0 spiro atoms. The van der Waals surface area contributed by atoms with Gasteiger partial charge < -0.3 is 10.6 Å². The summed E-state index contributed by atoms with van der Waals surface area (Å²) in [5.74, 6) is 0. The van der Waals surface area contributed by atoms with E-state index in [4.69, 9.17) is 0 Å². The van der Waals surface area contributed by atoms with Crippen LogP contribution < -0.4 is 10.6 Å². The molecule has 0 fully saturated rings. The fraction of sp³-hybridized carbons (Fsp3) is 0.667. The van der Waals surface area contributed by atoms with Gasteiger partial charge >= 0.3 is 6.03 Å². The van der Waals surface area contributed by atoms with E-state index in [0.717, 1.165) is 12.8 Å². The summed E-state index contributed by atoms with van der Waals surface area (Å²) in [5, 5.41) is 5.47. The molecule has 12 heavy (non-hydrogen) atoms. The quantitative estimate of drug-likeness (QED) is 0.605. The van der Waals surface area contributed by atoms with Gasteiger partial charge in [-0.1, -0.05) is 19.4 Å². The Hall–Kier alpha value is -0.990. The van der Waals surface area contributed by atoms with Crippen LogP contribution in [0.5, 0.6) is 0 Å². The van der Waals surface area contributed by atoms with Crippen molar-refractivity contribution in [2.45, 2.75) is 32.7 Å². The van der Waals surface area contributed by atoms with Gasteiger partial charge in [0.1, 0.15) is 0 Å². The SMILES string of the molecule is C=CCNC(=O)NC(C)CCC. The number of rotatable bonds is 5. The Bertz CT molecular complexity index is 145. The number of hydrogen-bond acceptors (Lipinski definition) is 1. The molecule has 3 heteroatoms. The number of urea groups is 1. The van der Waals surface area contributed by atoms with Gasteiger partial charge in [-0.15, -0.1) is 6.58 Å². The van der Waals surface area contributed by atoms with Crippen LogP contribution in [0, 0.1) is 0 Å². The summed E-state index contributed by atoms with van der Waals surface area (Å²) in [5.41, 5.74) is 0. The predicted octanol–water partition coefficient (Wildman–Crippen LogP) is 1.66. The zero-order chi connectivity index (χ0) is 9.40. The lowest BCUT2D eigenvalue weighted by Gasteiger charge is -2.12. The van der Waals surface area contributed by atoms with Crippen molar-refractivity contribution < 1.29 is 4.79 Å². The van der Waals surface area contributed by atoms with Crippen LogP contribution in [0.15, 0.2) is 12.7 Å². The van der Waals surface area contributed by atoms with E-state index in [2.05, 4.69) is 24.1 Å². The Balaban J connectivity index is 3.46. The van der Waals surface area contributed by atoms with Gasteiger partial charge in [0.2, 0.25) is 0 Å². The van der Waals surface area contributed by atoms with Crippen molar-refractivity contribution >= 4 is 6.03 Å². The number of amides is 2. The molecule has 1 atom stereocenters. The van der Waals surface area contributed by atoms with Gasteiger partial charge in [-0.2, -0.15) is 0 Å². The van der Waals surface area contributed by atoms with Crippen LogP contribution in [0.4, 0.5) is 4.79 Å². The highest BCUT2D eigenvalue weighted by molar-refractivity contribution is 5.74. The molecule has 3 nitrogen and oxygen atoms in total. The molecule has 0 bridgehead atoms.